The lowest BCUT2D eigenvalue weighted by atomic mass is 10.1. The highest BCUT2D eigenvalue weighted by atomic mass is 16.5. The van der Waals surface area contributed by atoms with Crippen molar-refractivity contribution in [2.75, 3.05) is 54.1 Å². The van der Waals surface area contributed by atoms with Crippen LogP contribution in [0.3, 0.4) is 0 Å². The first-order valence-corrected chi connectivity index (χ1v) is 16.7. The van der Waals surface area contributed by atoms with Crippen molar-refractivity contribution in [1.82, 2.24) is 24.5 Å². The smallest absolute Gasteiger partial charge is 0.289 e. The maximum absolute atomic E-state index is 14.3. The Bertz CT molecular complexity index is 1970. The molecule has 4 heterocycles. The second-order valence-electron chi connectivity index (χ2n) is 12.2. The first-order chi connectivity index (χ1) is 24.2. The van der Waals surface area contributed by atoms with Crippen molar-refractivity contribution in [3.8, 4) is 34.4 Å². The second kappa shape index (κ2) is 15.0. The SMILES string of the molecule is COc1ccc2cc1OCCCN(C(=O)c1c(C)noc1C)CCCCN(C(=O)c1oc3c(OC)c(OC)ccc3c1C)CCn1ccnc1-2. The molecule has 2 bridgehead atoms. The van der Waals surface area contributed by atoms with E-state index in [2.05, 4.69) is 10.1 Å². The van der Waals surface area contributed by atoms with Gasteiger partial charge in [0.1, 0.15) is 17.1 Å². The Morgan fingerprint density at radius 2 is 1.54 bits per heavy atom. The van der Waals surface area contributed by atoms with E-state index in [4.69, 9.17) is 27.9 Å². The number of methoxy groups -OCH3 is 3. The van der Waals surface area contributed by atoms with E-state index in [0.717, 1.165) is 22.3 Å². The van der Waals surface area contributed by atoms with Gasteiger partial charge in [-0.25, -0.2) is 4.98 Å². The molecule has 0 saturated heterocycles. The highest BCUT2D eigenvalue weighted by Crippen LogP contribution is 2.39. The summed E-state index contributed by atoms with van der Waals surface area (Å²) in [5.41, 5.74) is 3.06. The minimum Gasteiger partial charge on any atom is -0.493 e. The molecule has 0 N–H and O–H groups in total. The molecule has 13 nitrogen and oxygen atoms in total. The third-order valence-corrected chi connectivity index (χ3v) is 9.15. The van der Waals surface area contributed by atoms with Crippen molar-refractivity contribution in [3.63, 3.8) is 0 Å². The second-order valence-corrected chi connectivity index (χ2v) is 12.2. The highest BCUT2D eigenvalue weighted by molar-refractivity contribution is 6.01. The van der Waals surface area contributed by atoms with Crippen molar-refractivity contribution in [2.24, 2.45) is 0 Å². The molecular weight excluding hydrogens is 642 g/mol. The predicted octanol–water partition coefficient (Wildman–Crippen LogP) is 6.08. The van der Waals surface area contributed by atoms with Gasteiger partial charge in [0.2, 0.25) is 5.75 Å². The van der Waals surface area contributed by atoms with Crippen LogP contribution in [0.1, 0.15) is 57.2 Å². The maximum atomic E-state index is 14.3. The summed E-state index contributed by atoms with van der Waals surface area (Å²) in [5, 5.41) is 4.77. The molecule has 3 aromatic heterocycles. The molecule has 0 saturated carbocycles. The van der Waals surface area contributed by atoms with Gasteiger partial charge in [0.05, 0.1) is 33.6 Å². The summed E-state index contributed by atoms with van der Waals surface area (Å²) in [4.78, 5) is 36.3. The molecule has 13 heteroatoms. The summed E-state index contributed by atoms with van der Waals surface area (Å²) in [7, 11) is 4.71. The number of benzene rings is 2. The van der Waals surface area contributed by atoms with Crippen LogP contribution in [0.5, 0.6) is 23.0 Å². The number of carbonyl (C=O) groups is 2. The summed E-state index contributed by atoms with van der Waals surface area (Å²) >= 11 is 0. The number of hydrogen-bond acceptors (Lipinski definition) is 10. The van der Waals surface area contributed by atoms with Crippen LogP contribution in [0.15, 0.2) is 51.7 Å². The van der Waals surface area contributed by atoms with E-state index in [0.29, 0.717) is 104 Å². The van der Waals surface area contributed by atoms with Gasteiger partial charge in [-0.05, 0) is 70.4 Å². The Labute approximate surface area is 290 Å². The fourth-order valence-electron chi connectivity index (χ4n) is 6.47. The minimum atomic E-state index is -0.233. The maximum Gasteiger partial charge on any atom is 0.289 e. The molecular formula is C37H43N5O8. The van der Waals surface area contributed by atoms with Gasteiger partial charge in [0, 0.05) is 61.6 Å². The molecule has 0 spiro atoms. The predicted molar refractivity (Wildman–Crippen MR) is 185 cm³/mol. The van der Waals surface area contributed by atoms with E-state index in [1.165, 1.54) is 0 Å². The molecule has 6 rings (SSSR count). The minimum absolute atomic E-state index is 0.139. The van der Waals surface area contributed by atoms with Crippen LogP contribution in [-0.2, 0) is 6.54 Å². The van der Waals surface area contributed by atoms with Gasteiger partial charge in [0.25, 0.3) is 11.8 Å². The summed E-state index contributed by atoms with van der Waals surface area (Å²) in [6.07, 6.45) is 5.55. The molecule has 1 aliphatic rings. The number of aryl methyl sites for hydroxylation is 3. The number of carbonyl (C=O) groups excluding carboxylic acids is 2. The van der Waals surface area contributed by atoms with Gasteiger partial charge in [-0.2, -0.15) is 0 Å². The number of aromatic nitrogens is 3. The molecule has 1 aliphatic heterocycles. The van der Waals surface area contributed by atoms with E-state index in [9.17, 15) is 9.59 Å². The Balaban J connectivity index is 1.33. The number of furan rings is 1. The zero-order valence-electron chi connectivity index (χ0n) is 29.4. The molecule has 50 heavy (non-hydrogen) atoms. The average Bonchev–Trinajstić information content (AvgIpc) is 3.83. The Kier molecular flexibility index (Phi) is 10.3. The fraction of sp³-hybridized carbons (Fsp3) is 0.405. The van der Waals surface area contributed by atoms with Crippen LogP contribution in [0.2, 0.25) is 0 Å². The topological polar surface area (TPSA) is 135 Å². The summed E-state index contributed by atoms with van der Waals surface area (Å²) in [6.45, 7) is 8.02. The molecule has 0 fully saturated rings. The van der Waals surface area contributed by atoms with Crippen molar-refractivity contribution >= 4 is 22.8 Å². The summed E-state index contributed by atoms with van der Waals surface area (Å²) < 4.78 is 36.4. The first kappa shape index (κ1) is 34.4. The van der Waals surface area contributed by atoms with Gasteiger partial charge in [-0.15, -0.1) is 0 Å². The third kappa shape index (κ3) is 6.72. The molecule has 5 aromatic rings. The van der Waals surface area contributed by atoms with Gasteiger partial charge in [-0.1, -0.05) is 5.16 Å². The van der Waals surface area contributed by atoms with E-state index in [1.807, 2.05) is 46.9 Å². The van der Waals surface area contributed by atoms with E-state index >= 15 is 0 Å². The molecule has 2 amide bonds. The van der Waals surface area contributed by atoms with Crippen molar-refractivity contribution < 1.29 is 37.5 Å². The lowest BCUT2D eigenvalue weighted by Gasteiger charge is -2.25. The number of amides is 2. The van der Waals surface area contributed by atoms with Gasteiger partial charge >= 0.3 is 0 Å². The number of nitrogens with zero attached hydrogens (tertiary/aromatic N) is 5. The highest BCUT2D eigenvalue weighted by Gasteiger charge is 2.27. The molecule has 0 atom stereocenters. The number of ether oxygens (including phenoxy) is 4. The zero-order valence-corrected chi connectivity index (χ0v) is 29.4. The molecule has 2 aromatic carbocycles. The zero-order chi connectivity index (χ0) is 35.4. The largest absolute Gasteiger partial charge is 0.493 e. The third-order valence-electron chi connectivity index (χ3n) is 9.15. The molecule has 0 unspecified atom stereocenters. The van der Waals surface area contributed by atoms with Crippen LogP contribution in [0.25, 0.3) is 22.4 Å². The van der Waals surface area contributed by atoms with Gasteiger partial charge < -0.3 is 42.3 Å². The van der Waals surface area contributed by atoms with Crippen LogP contribution in [0, 0.1) is 20.8 Å². The van der Waals surface area contributed by atoms with Crippen molar-refractivity contribution in [1.29, 1.82) is 0 Å². The Morgan fingerprint density at radius 1 is 0.820 bits per heavy atom. The van der Waals surface area contributed by atoms with Gasteiger partial charge in [-0.3, -0.25) is 9.59 Å². The van der Waals surface area contributed by atoms with Gasteiger partial charge in [0.15, 0.2) is 28.6 Å². The van der Waals surface area contributed by atoms with Crippen LogP contribution < -0.4 is 18.9 Å². The number of hydrogen-bond donors (Lipinski definition) is 0. The van der Waals surface area contributed by atoms with E-state index in [-0.39, 0.29) is 17.6 Å². The van der Waals surface area contributed by atoms with Crippen molar-refractivity contribution in [3.05, 3.63) is 71.1 Å². The van der Waals surface area contributed by atoms with Crippen LogP contribution >= 0.6 is 0 Å². The summed E-state index contributed by atoms with van der Waals surface area (Å²) in [5.74, 6) is 3.23. The molecule has 0 aliphatic carbocycles. The van der Waals surface area contributed by atoms with Crippen molar-refractivity contribution in [2.45, 2.75) is 46.6 Å². The fourth-order valence-corrected chi connectivity index (χ4v) is 6.47. The number of fused-ring (bicyclic) bond motifs is 5. The lowest BCUT2D eigenvalue weighted by Crippen LogP contribution is -2.36. The lowest BCUT2D eigenvalue weighted by molar-refractivity contribution is 0.0695. The summed E-state index contributed by atoms with van der Waals surface area (Å²) in [6, 6.07) is 9.38. The van der Waals surface area contributed by atoms with E-state index < -0.39 is 0 Å². The first-order valence-electron chi connectivity index (χ1n) is 16.7. The Hall–Kier alpha value is -5.46. The quantitative estimate of drug-likeness (QED) is 0.214. The van der Waals surface area contributed by atoms with Crippen LogP contribution in [0.4, 0.5) is 0 Å². The average molecular weight is 686 g/mol. The van der Waals surface area contributed by atoms with Crippen LogP contribution in [-0.4, -0.2) is 90.4 Å². The number of rotatable bonds is 5. The molecule has 264 valence electrons. The molecule has 0 radical (unpaired) electrons. The number of imidazole rings is 1. The van der Waals surface area contributed by atoms with E-state index in [1.54, 1.807) is 52.3 Å². The standard InChI is InChI=1S/C37H43N5O8/c1-23-27-11-13-29(46-5)34(47-6)33(27)49-32(23)37(44)42-16-8-7-15-41(36(43)31-24(2)39-50-25(31)3)17-9-21-48-30-22-26(10-12-28(30)45-4)35-38-14-18-40(35)19-20-42/h10-14,18,22H,7-9,15-17,19-21H2,1-6H3. The monoisotopic (exact) mass is 685 g/mol. The Morgan fingerprint density at radius 3 is 2.24 bits per heavy atom. The normalized spacial score (nSPS) is 14.5.